The SMILES string of the molecule is CCSCCC(O)C1(CN)CC1. The first-order chi connectivity index (χ1) is 5.75. The molecule has 1 saturated carbocycles. The van der Waals surface area contributed by atoms with Gasteiger partial charge in [0.15, 0.2) is 0 Å². The van der Waals surface area contributed by atoms with Gasteiger partial charge in [0, 0.05) is 12.0 Å². The second-order valence-electron chi connectivity index (χ2n) is 3.57. The third kappa shape index (κ3) is 2.38. The molecule has 0 aliphatic heterocycles. The second-order valence-corrected chi connectivity index (χ2v) is 4.96. The quantitative estimate of drug-likeness (QED) is 0.618. The van der Waals surface area contributed by atoms with Crippen molar-refractivity contribution < 1.29 is 5.11 Å². The largest absolute Gasteiger partial charge is 0.392 e. The molecule has 0 bridgehead atoms. The summed E-state index contributed by atoms with van der Waals surface area (Å²) in [5, 5.41) is 9.77. The smallest absolute Gasteiger partial charge is 0.0616 e. The van der Waals surface area contributed by atoms with Crippen molar-refractivity contribution >= 4 is 11.8 Å². The number of hydrogen-bond acceptors (Lipinski definition) is 3. The summed E-state index contributed by atoms with van der Waals surface area (Å²) in [7, 11) is 0. The normalized spacial score (nSPS) is 22.2. The van der Waals surface area contributed by atoms with Crippen molar-refractivity contribution in [3.8, 4) is 0 Å². The lowest BCUT2D eigenvalue weighted by Crippen LogP contribution is -2.30. The minimum Gasteiger partial charge on any atom is -0.392 e. The fraction of sp³-hybridized carbons (Fsp3) is 1.00. The molecule has 1 aliphatic carbocycles. The highest BCUT2D eigenvalue weighted by Crippen LogP contribution is 2.48. The van der Waals surface area contributed by atoms with Crippen LogP contribution in [0.15, 0.2) is 0 Å². The van der Waals surface area contributed by atoms with Crippen LogP contribution in [0.25, 0.3) is 0 Å². The standard InChI is InChI=1S/C9H19NOS/c1-2-12-6-3-8(11)9(7-10)4-5-9/h8,11H,2-7,10H2,1H3. The van der Waals surface area contributed by atoms with Crippen LogP contribution in [0.1, 0.15) is 26.2 Å². The molecule has 0 aromatic carbocycles. The van der Waals surface area contributed by atoms with Gasteiger partial charge in [-0.1, -0.05) is 6.92 Å². The van der Waals surface area contributed by atoms with E-state index in [1.54, 1.807) is 0 Å². The Bertz CT molecular complexity index is 136. The third-order valence-electron chi connectivity index (χ3n) is 2.75. The maximum absolute atomic E-state index is 9.77. The molecule has 2 nitrogen and oxygen atoms in total. The Morgan fingerprint density at radius 2 is 2.25 bits per heavy atom. The Hall–Kier alpha value is 0.270. The molecule has 1 atom stereocenters. The molecular weight excluding hydrogens is 170 g/mol. The lowest BCUT2D eigenvalue weighted by Gasteiger charge is -2.19. The van der Waals surface area contributed by atoms with E-state index in [2.05, 4.69) is 6.92 Å². The summed E-state index contributed by atoms with van der Waals surface area (Å²) in [5.41, 5.74) is 5.73. The fourth-order valence-electron chi connectivity index (χ4n) is 1.48. The van der Waals surface area contributed by atoms with E-state index >= 15 is 0 Å². The van der Waals surface area contributed by atoms with Crippen molar-refractivity contribution in [1.82, 2.24) is 0 Å². The third-order valence-corrected chi connectivity index (χ3v) is 3.68. The minimum absolute atomic E-state index is 0.119. The summed E-state index contributed by atoms with van der Waals surface area (Å²) in [6.45, 7) is 2.80. The van der Waals surface area contributed by atoms with Gasteiger partial charge < -0.3 is 10.8 Å². The van der Waals surface area contributed by atoms with Crippen molar-refractivity contribution in [2.45, 2.75) is 32.3 Å². The van der Waals surface area contributed by atoms with Gasteiger partial charge in [-0.2, -0.15) is 11.8 Å². The zero-order valence-corrected chi connectivity index (χ0v) is 8.57. The van der Waals surface area contributed by atoms with Crippen LogP contribution in [0.3, 0.4) is 0 Å². The summed E-state index contributed by atoms with van der Waals surface area (Å²) in [4.78, 5) is 0. The van der Waals surface area contributed by atoms with Gasteiger partial charge in [0.05, 0.1) is 6.10 Å². The zero-order chi connectivity index (χ0) is 9.03. The molecule has 12 heavy (non-hydrogen) atoms. The highest BCUT2D eigenvalue weighted by atomic mass is 32.2. The van der Waals surface area contributed by atoms with Crippen LogP contribution in [0.2, 0.25) is 0 Å². The highest BCUT2D eigenvalue weighted by molar-refractivity contribution is 7.99. The summed E-state index contributed by atoms with van der Waals surface area (Å²) in [6.07, 6.45) is 3.01. The van der Waals surface area contributed by atoms with Gasteiger partial charge in [0.25, 0.3) is 0 Å². The maximum Gasteiger partial charge on any atom is 0.0616 e. The van der Waals surface area contributed by atoms with Crippen molar-refractivity contribution in [1.29, 1.82) is 0 Å². The lowest BCUT2D eigenvalue weighted by molar-refractivity contribution is 0.0946. The first kappa shape index (κ1) is 10.4. The molecule has 0 saturated heterocycles. The predicted molar refractivity (Wildman–Crippen MR) is 54.3 cm³/mol. The minimum atomic E-state index is -0.151. The Balaban J connectivity index is 2.15. The number of aliphatic hydroxyl groups excluding tert-OH is 1. The van der Waals surface area contributed by atoms with E-state index in [0.717, 1.165) is 30.8 Å². The molecule has 0 heterocycles. The molecule has 0 radical (unpaired) electrons. The average molecular weight is 189 g/mol. The Morgan fingerprint density at radius 3 is 2.67 bits per heavy atom. The van der Waals surface area contributed by atoms with Crippen LogP contribution < -0.4 is 5.73 Å². The van der Waals surface area contributed by atoms with E-state index in [4.69, 9.17) is 5.73 Å². The van der Waals surface area contributed by atoms with Crippen LogP contribution in [0.5, 0.6) is 0 Å². The van der Waals surface area contributed by atoms with Gasteiger partial charge in [-0.25, -0.2) is 0 Å². The van der Waals surface area contributed by atoms with E-state index < -0.39 is 0 Å². The summed E-state index contributed by atoms with van der Waals surface area (Å²) in [5.74, 6) is 2.21. The van der Waals surface area contributed by atoms with Gasteiger partial charge in [-0.15, -0.1) is 0 Å². The van der Waals surface area contributed by atoms with Crippen molar-refractivity contribution in [2.75, 3.05) is 18.1 Å². The Labute approximate surface area is 78.9 Å². The highest BCUT2D eigenvalue weighted by Gasteiger charge is 2.47. The molecule has 0 aromatic heterocycles. The van der Waals surface area contributed by atoms with Crippen LogP contribution in [-0.2, 0) is 0 Å². The van der Waals surface area contributed by atoms with E-state index in [1.165, 1.54) is 0 Å². The Kier molecular flexibility index (Phi) is 3.87. The number of hydrogen-bond donors (Lipinski definition) is 2. The summed E-state index contributed by atoms with van der Waals surface area (Å²) < 4.78 is 0. The van der Waals surface area contributed by atoms with Gasteiger partial charge in [-0.3, -0.25) is 0 Å². The topological polar surface area (TPSA) is 46.2 Å². The molecule has 1 aliphatic rings. The lowest BCUT2D eigenvalue weighted by atomic mass is 9.97. The first-order valence-corrected chi connectivity index (χ1v) is 5.86. The van der Waals surface area contributed by atoms with E-state index in [-0.39, 0.29) is 11.5 Å². The second kappa shape index (κ2) is 4.49. The van der Waals surface area contributed by atoms with E-state index in [1.807, 2.05) is 11.8 Å². The molecule has 1 fully saturated rings. The molecule has 1 unspecified atom stereocenters. The molecule has 3 heteroatoms. The fourth-order valence-corrected chi connectivity index (χ4v) is 2.16. The summed E-state index contributed by atoms with van der Waals surface area (Å²) in [6, 6.07) is 0. The number of thioether (sulfide) groups is 1. The zero-order valence-electron chi connectivity index (χ0n) is 7.75. The molecule has 3 N–H and O–H groups in total. The summed E-state index contributed by atoms with van der Waals surface area (Å²) >= 11 is 1.89. The molecule has 1 rings (SSSR count). The number of aliphatic hydroxyl groups is 1. The van der Waals surface area contributed by atoms with Crippen LogP contribution in [0.4, 0.5) is 0 Å². The first-order valence-electron chi connectivity index (χ1n) is 4.71. The molecule has 0 aromatic rings. The monoisotopic (exact) mass is 189 g/mol. The van der Waals surface area contributed by atoms with Gasteiger partial charge in [0.1, 0.15) is 0 Å². The van der Waals surface area contributed by atoms with Crippen molar-refractivity contribution in [3.63, 3.8) is 0 Å². The maximum atomic E-state index is 9.77. The average Bonchev–Trinajstić information content (AvgIpc) is 2.85. The van der Waals surface area contributed by atoms with Crippen LogP contribution >= 0.6 is 11.8 Å². The van der Waals surface area contributed by atoms with Gasteiger partial charge >= 0.3 is 0 Å². The van der Waals surface area contributed by atoms with Crippen molar-refractivity contribution in [2.24, 2.45) is 11.1 Å². The number of rotatable bonds is 6. The predicted octanol–water partition coefficient (Wildman–Crippen LogP) is 1.23. The molecular formula is C9H19NOS. The van der Waals surface area contributed by atoms with Crippen molar-refractivity contribution in [3.05, 3.63) is 0 Å². The molecule has 0 spiro atoms. The van der Waals surface area contributed by atoms with Crippen LogP contribution in [-0.4, -0.2) is 29.3 Å². The van der Waals surface area contributed by atoms with Crippen LogP contribution in [0, 0.1) is 5.41 Å². The number of nitrogens with two attached hydrogens (primary N) is 1. The van der Waals surface area contributed by atoms with Gasteiger partial charge in [0.2, 0.25) is 0 Å². The Morgan fingerprint density at radius 1 is 1.58 bits per heavy atom. The molecule has 72 valence electrons. The molecule has 0 amide bonds. The van der Waals surface area contributed by atoms with E-state index in [0.29, 0.717) is 6.54 Å². The van der Waals surface area contributed by atoms with E-state index in [9.17, 15) is 5.11 Å². The van der Waals surface area contributed by atoms with Gasteiger partial charge in [-0.05, 0) is 30.8 Å².